The summed E-state index contributed by atoms with van der Waals surface area (Å²) in [6.07, 6.45) is 0. The average molecular weight is 360 g/mol. The molecule has 0 heterocycles. The molecule has 5 heteroatoms. The second-order valence-corrected chi connectivity index (χ2v) is 5.09. The zero-order valence-electron chi connectivity index (χ0n) is 10.8. The van der Waals surface area contributed by atoms with Crippen molar-refractivity contribution in [3.63, 3.8) is 0 Å². The molecule has 0 saturated carbocycles. The Morgan fingerprint density at radius 3 is 2.65 bits per heavy atom. The highest BCUT2D eigenvalue weighted by Gasteiger charge is 2.10. The van der Waals surface area contributed by atoms with E-state index in [1.807, 2.05) is 12.1 Å². The molecular formula is C15H13BrClFO2. The monoisotopic (exact) mass is 358 g/mol. The largest absolute Gasteiger partial charge is 0.494 e. The molecule has 0 radical (unpaired) electrons. The van der Waals surface area contributed by atoms with E-state index in [2.05, 4.69) is 15.9 Å². The van der Waals surface area contributed by atoms with Crippen LogP contribution in [0, 0.1) is 5.82 Å². The van der Waals surface area contributed by atoms with Crippen LogP contribution in [0.5, 0.6) is 11.5 Å². The molecule has 0 saturated heterocycles. The number of alkyl halides is 1. The standard InChI is InChI=1S/C15H13BrClFO2/c1-19-14-4-2-3-11(15(14)18)9-20-13-6-5-10(8-16)7-12(13)17/h2-7H,8-9H2,1H3. The molecular weight excluding hydrogens is 347 g/mol. The molecule has 2 rings (SSSR count). The lowest BCUT2D eigenvalue weighted by Crippen LogP contribution is -2.01. The van der Waals surface area contributed by atoms with Crippen LogP contribution in [0.4, 0.5) is 4.39 Å². The summed E-state index contributed by atoms with van der Waals surface area (Å²) in [4.78, 5) is 0. The first-order valence-electron chi connectivity index (χ1n) is 5.94. The minimum absolute atomic E-state index is 0.0937. The fourth-order valence-corrected chi connectivity index (χ4v) is 2.33. The SMILES string of the molecule is COc1cccc(COc2ccc(CBr)cc2Cl)c1F. The van der Waals surface area contributed by atoms with Crippen molar-refractivity contribution in [2.24, 2.45) is 0 Å². The lowest BCUT2D eigenvalue weighted by atomic mass is 10.2. The van der Waals surface area contributed by atoms with Crippen molar-refractivity contribution in [1.82, 2.24) is 0 Å². The van der Waals surface area contributed by atoms with Crippen molar-refractivity contribution in [2.45, 2.75) is 11.9 Å². The van der Waals surface area contributed by atoms with Gasteiger partial charge in [-0.15, -0.1) is 0 Å². The van der Waals surface area contributed by atoms with Gasteiger partial charge in [-0.25, -0.2) is 4.39 Å². The van der Waals surface area contributed by atoms with Gasteiger partial charge >= 0.3 is 0 Å². The van der Waals surface area contributed by atoms with Crippen molar-refractivity contribution in [3.8, 4) is 11.5 Å². The van der Waals surface area contributed by atoms with Crippen molar-refractivity contribution in [1.29, 1.82) is 0 Å². The smallest absolute Gasteiger partial charge is 0.171 e. The molecule has 0 N–H and O–H groups in total. The Kier molecular flexibility index (Phi) is 5.26. The molecule has 2 nitrogen and oxygen atoms in total. The first-order valence-corrected chi connectivity index (χ1v) is 7.44. The molecule has 0 aliphatic heterocycles. The third kappa shape index (κ3) is 3.44. The van der Waals surface area contributed by atoms with Crippen LogP contribution in [0.2, 0.25) is 5.02 Å². The zero-order valence-corrected chi connectivity index (χ0v) is 13.2. The van der Waals surface area contributed by atoms with Gasteiger partial charge in [0.25, 0.3) is 0 Å². The highest BCUT2D eigenvalue weighted by Crippen LogP contribution is 2.28. The van der Waals surface area contributed by atoms with E-state index < -0.39 is 5.82 Å². The van der Waals surface area contributed by atoms with Gasteiger partial charge in [0.15, 0.2) is 11.6 Å². The number of benzene rings is 2. The molecule has 0 unspecified atom stereocenters. The summed E-state index contributed by atoms with van der Waals surface area (Å²) in [5.74, 6) is 0.314. The summed E-state index contributed by atoms with van der Waals surface area (Å²) in [6.45, 7) is 0.0937. The van der Waals surface area contributed by atoms with E-state index in [1.54, 1.807) is 24.3 Å². The Balaban J connectivity index is 2.13. The minimum Gasteiger partial charge on any atom is -0.494 e. The molecule has 2 aromatic rings. The lowest BCUT2D eigenvalue weighted by molar-refractivity contribution is 0.296. The van der Waals surface area contributed by atoms with Gasteiger partial charge in [0.1, 0.15) is 12.4 Å². The summed E-state index contributed by atoms with van der Waals surface area (Å²) in [5.41, 5.74) is 1.47. The highest BCUT2D eigenvalue weighted by molar-refractivity contribution is 9.08. The second-order valence-electron chi connectivity index (χ2n) is 4.12. The number of hydrogen-bond donors (Lipinski definition) is 0. The van der Waals surface area contributed by atoms with Crippen LogP contribution in [0.15, 0.2) is 36.4 Å². The van der Waals surface area contributed by atoms with Crippen LogP contribution in [0.3, 0.4) is 0 Å². The number of rotatable bonds is 5. The Morgan fingerprint density at radius 2 is 2.00 bits per heavy atom. The van der Waals surface area contributed by atoms with Gasteiger partial charge in [-0.1, -0.05) is 45.7 Å². The third-order valence-electron chi connectivity index (χ3n) is 2.80. The van der Waals surface area contributed by atoms with E-state index in [0.717, 1.165) is 10.9 Å². The third-order valence-corrected chi connectivity index (χ3v) is 3.74. The molecule has 0 bridgehead atoms. The Bertz CT molecular complexity index is 604. The summed E-state index contributed by atoms with van der Waals surface area (Å²) < 4.78 is 24.4. The van der Waals surface area contributed by atoms with Crippen molar-refractivity contribution >= 4 is 27.5 Å². The van der Waals surface area contributed by atoms with Crippen molar-refractivity contribution in [3.05, 3.63) is 58.4 Å². The Morgan fingerprint density at radius 1 is 1.20 bits per heavy atom. The predicted octanol–water partition coefficient (Wildman–Crippen LogP) is 4.96. The van der Waals surface area contributed by atoms with E-state index in [-0.39, 0.29) is 12.4 Å². The number of hydrogen-bond acceptors (Lipinski definition) is 2. The van der Waals surface area contributed by atoms with Crippen LogP contribution in [-0.4, -0.2) is 7.11 Å². The molecule has 0 aromatic heterocycles. The Labute approximate surface area is 130 Å². The molecule has 0 spiro atoms. The van der Waals surface area contributed by atoms with E-state index in [9.17, 15) is 4.39 Å². The van der Waals surface area contributed by atoms with Crippen LogP contribution in [0.25, 0.3) is 0 Å². The molecule has 2 aromatic carbocycles. The molecule has 0 aliphatic carbocycles. The second kappa shape index (κ2) is 6.95. The van der Waals surface area contributed by atoms with Gasteiger partial charge in [0.05, 0.1) is 12.1 Å². The van der Waals surface area contributed by atoms with Gasteiger partial charge in [-0.3, -0.25) is 0 Å². The first-order chi connectivity index (χ1) is 9.65. The maximum absolute atomic E-state index is 14.0. The average Bonchev–Trinajstić information content (AvgIpc) is 2.47. The van der Waals surface area contributed by atoms with Crippen LogP contribution in [-0.2, 0) is 11.9 Å². The summed E-state index contributed by atoms with van der Waals surface area (Å²) in [7, 11) is 1.43. The predicted molar refractivity (Wildman–Crippen MR) is 81.4 cm³/mol. The number of ether oxygens (including phenoxy) is 2. The van der Waals surface area contributed by atoms with E-state index >= 15 is 0 Å². The maximum Gasteiger partial charge on any atom is 0.171 e. The van der Waals surface area contributed by atoms with Crippen molar-refractivity contribution < 1.29 is 13.9 Å². The van der Waals surface area contributed by atoms with Gasteiger partial charge in [0.2, 0.25) is 0 Å². The van der Waals surface area contributed by atoms with E-state index in [0.29, 0.717) is 16.3 Å². The molecule has 0 amide bonds. The van der Waals surface area contributed by atoms with E-state index in [4.69, 9.17) is 21.1 Å². The first kappa shape index (κ1) is 15.1. The van der Waals surface area contributed by atoms with Gasteiger partial charge < -0.3 is 9.47 Å². The van der Waals surface area contributed by atoms with Crippen molar-refractivity contribution in [2.75, 3.05) is 7.11 Å². The van der Waals surface area contributed by atoms with Crippen LogP contribution < -0.4 is 9.47 Å². The molecule has 0 fully saturated rings. The van der Waals surface area contributed by atoms with Crippen LogP contribution in [0.1, 0.15) is 11.1 Å². The molecule has 0 atom stereocenters. The normalized spacial score (nSPS) is 10.4. The topological polar surface area (TPSA) is 18.5 Å². The maximum atomic E-state index is 14.0. The quantitative estimate of drug-likeness (QED) is 0.702. The van der Waals surface area contributed by atoms with Crippen LogP contribution >= 0.6 is 27.5 Å². The lowest BCUT2D eigenvalue weighted by Gasteiger charge is -2.11. The molecule has 20 heavy (non-hydrogen) atoms. The van der Waals surface area contributed by atoms with E-state index in [1.165, 1.54) is 7.11 Å². The minimum atomic E-state index is -0.414. The summed E-state index contributed by atoms with van der Waals surface area (Å²) >= 11 is 9.46. The fourth-order valence-electron chi connectivity index (χ4n) is 1.73. The molecule has 0 aliphatic rings. The van der Waals surface area contributed by atoms with Gasteiger partial charge in [-0.05, 0) is 23.8 Å². The fraction of sp³-hybridized carbons (Fsp3) is 0.200. The summed E-state index contributed by atoms with van der Waals surface area (Å²) in [5, 5.41) is 1.22. The summed E-state index contributed by atoms with van der Waals surface area (Å²) in [6, 6.07) is 10.4. The Hall–Kier alpha value is -1.26. The molecule has 106 valence electrons. The number of methoxy groups -OCH3 is 1. The van der Waals surface area contributed by atoms with Gasteiger partial charge in [0, 0.05) is 10.9 Å². The zero-order chi connectivity index (χ0) is 14.5. The number of halogens is 3. The van der Waals surface area contributed by atoms with Gasteiger partial charge in [-0.2, -0.15) is 0 Å². The highest BCUT2D eigenvalue weighted by atomic mass is 79.9.